The highest BCUT2D eigenvalue weighted by atomic mass is 16.4. The summed E-state index contributed by atoms with van der Waals surface area (Å²) in [4.78, 5) is 26.1. The van der Waals surface area contributed by atoms with Crippen LogP contribution >= 0.6 is 0 Å². The monoisotopic (exact) mass is 302 g/mol. The lowest BCUT2D eigenvalue weighted by molar-refractivity contribution is -0.137. The van der Waals surface area contributed by atoms with Crippen molar-refractivity contribution in [2.45, 2.75) is 25.7 Å². The fraction of sp³-hybridized carbons (Fsp3) is 0.312. The first kappa shape index (κ1) is 15.8. The van der Waals surface area contributed by atoms with Gasteiger partial charge in [-0.1, -0.05) is 30.3 Å². The number of carbonyl (C=O) groups is 2. The minimum atomic E-state index is -0.859. The van der Waals surface area contributed by atoms with Crippen LogP contribution in [-0.2, 0) is 16.0 Å². The van der Waals surface area contributed by atoms with E-state index >= 15 is 0 Å². The minimum absolute atomic E-state index is 0.0560. The van der Waals surface area contributed by atoms with Crippen LogP contribution < -0.4 is 5.32 Å². The molecule has 0 atom stereocenters. The summed E-state index contributed by atoms with van der Waals surface area (Å²) in [6.45, 7) is 0.367. The Morgan fingerprint density at radius 1 is 1.18 bits per heavy atom. The molecule has 0 aliphatic heterocycles. The number of rotatable bonds is 8. The molecule has 2 aromatic rings. The Morgan fingerprint density at radius 3 is 2.68 bits per heavy atom. The lowest BCUT2D eigenvalue weighted by atomic mass is 10.2. The number of hydrogen-bond donors (Lipinski definition) is 2. The van der Waals surface area contributed by atoms with Gasteiger partial charge in [-0.05, 0) is 6.42 Å². The van der Waals surface area contributed by atoms with Gasteiger partial charge in [0.1, 0.15) is 0 Å². The van der Waals surface area contributed by atoms with Crippen LogP contribution in [0.25, 0.3) is 11.3 Å². The summed E-state index contributed by atoms with van der Waals surface area (Å²) in [5.41, 5.74) is 0.944. The zero-order valence-electron chi connectivity index (χ0n) is 12.1. The molecule has 1 aromatic heterocycles. The van der Waals surface area contributed by atoms with Gasteiger partial charge in [0.05, 0.1) is 6.20 Å². The Labute approximate surface area is 128 Å². The van der Waals surface area contributed by atoms with Crippen LogP contribution in [0.3, 0.4) is 0 Å². The van der Waals surface area contributed by atoms with Gasteiger partial charge >= 0.3 is 5.97 Å². The molecule has 0 spiro atoms. The number of amides is 1. The molecule has 0 bridgehead atoms. The topological polar surface area (TPSA) is 92.4 Å². The van der Waals surface area contributed by atoms with Gasteiger partial charge in [-0.25, -0.2) is 4.98 Å². The summed E-state index contributed by atoms with van der Waals surface area (Å²) < 4.78 is 5.61. The van der Waals surface area contributed by atoms with E-state index in [4.69, 9.17) is 9.52 Å². The van der Waals surface area contributed by atoms with Crippen molar-refractivity contribution < 1.29 is 19.1 Å². The van der Waals surface area contributed by atoms with E-state index in [0.717, 1.165) is 5.56 Å². The number of carboxylic acids is 1. The molecule has 116 valence electrons. The van der Waals surface area contributed by atoms with Crippen LogP contribution in [0.5, 0.6) is 0 Å². The van der Waals surface area contributed by atoms with E-state index in [0.29, 0.717) is 31.0 Å². The van der Waals surface area contributed by atoms with Gasteiger partial charge in [0.15, 0.2) is 11.7 Å². The number of benzene rings is 1. The second kappa shape index (κ2) is 7.97. The number of nitrogens with zero attached hydrogens (tertiary/aromatic N) is 1. The Kier molecular flexibility index (Phi) is 5.71. The van der Waals surface area contributed by atoms with Gasteiger partial charge in [0.25, 0.3) is 0 Å². The highest BCUT2D eigenvalue weighted by molar-refractivity contribution is 5.76. The third-order valence-corrected chi connectivity index (χ3v) is 3.07. The van der Waals surface area contributed by atoms with Crippen LogP contribution in [-0.4, -0.2) is 28.5 Å². The molecule has 1 amide bonds. The molecular formula is C16H18N2O4. The van der Waals surface area contributed by atoms with Crippen LogP contribution in [0.15, 0.2) is 40.9 Å². The van der Waals surface area contributed by atoms with Gasteiger partial charge in [0, 0.05) is 31.4 Å². The third kappa shape index (κ3) is 5.05. The average Bonchev–Trinajstić information content (AvgIpc) is 2.99. The largest absolute Gasteiger partial charge is 0.481 e. The van der Waals surface area contributed by atoms with E-state index in [1.165, 1.54) is 0 Å². The normalized spacial score (nSPS) is 10.4. The Bertz CT molecular complexity index is 622. The predicted octanol–water partition coefficient (Wildman–Crippen LogP) is 2.26. The molecule has 2 rings (SSSR count). The zero-order chi connectivity index (χ0) is 15.8. The fourth-order valence-corrected chi connectivity index (χ4v) is 1.94. The lowest BCUT2D eigenvalue weighted by Crippen LogP contribution is -2.25. The number of hydrogen-bond acceptors (Lipinski definition) is 4. The maximum atomic E-state index is 11.6. The number of aromatic nitrogens is 1. The Hall–Kier alpha value is -2.63. The van der Waals surface area contributed by atoms with Gasteiger partial charge in [-0.15, -0.1) is 0 Å². The van der Waals surface area contributed by atoms with Gasteiger partial charge in [-0.3, -0.25) is 9.59 Å². The molecule has 22 heavy (non-hydrogen) atoms. The molecule has 2 N–H and O–H groups in total. The van der Waals surface area contributed by atoms with Crippen LogP contribution in [0.1, 0.15) is 25.2 Å². The summed E-state index contributed by atoms with van der Waals surface area (Å²) in [5, 5.41) is 11.2. The lowest BCUT2D eigenvalue weighted by Gasteiger charge is -2.02. The first-order chi connectivity index (χ1) is 10.6. The van der Waals surface area contributed by atoms with Crippen LogP contribution in [0.4, 0.5) is 0 Å². The molecule has 6 heteroatoms. The molecule has 0 fully saturated rings. The van der Waals surface area contributed by atoms with Crippen LogP contribution in [0.2, 0.25) is 0 Å². The smallest absolute Gasteiger partial charge is 0.303 e. The highest BCUT2D eigenvalue weighted by Crippen LogP contribution is 2.20. The number of carboxylic acid groups (broad SMARTS) is 1. The maximum absolute atomic E-state index is 11.6. The number of aryl methyl sites for hydroxylation is 1. The van der Waals surface area contributed by atoms with E-state index < -0.39 is 5.97 Å². The number of aliphatic carboxylic acids is 1. The molecule has 0 unspecified atom stereocenters. The summed E-state index contributed by atoms with van der Waals surface area (Å²) in [5.74, 6) is 0.198. The molecule has 0 aliphatic carbocycles. The van der Waals surface area contributed by atoms with Gasteiger partial charge < -0.3 is 14.8 Å². The molecule has 0 saturated carbocycles. The molecule has 0 radical (unpaired) electrons. The van der Waals surface area contributed by atoms with Crippen molar-refractivity contribution in [1.29, 1.82) is 0 Å². The molecule has 0 saturated heterocycles. The number of nitrogens with one attached hydrogen (secondary N) is 1. The van der Waals surface area contributed by atoms with E-state index in [1.54, 1.807) is 6.20 Å². The number of carbonyl (C=O) groups excluding carboxylic acids is 1. The number of oxazole rings is 1. The first-order valence-corrected chi connectivity index (χ1v) is 7.14. The van der Waals surface area contributed by atoms with Crippen molar-refractivity contribution in [3.63, 3.8) is 0 Å². The molecule has 1 heterocycles. The maximum Gasteiger partial charge on any atom is 0.303 e. The summed E-state index contributed by atoms with van der Waals surface area (Å²) in [6.07, 6.45) is 2.81. The second-order valence-corrected chi connectivity index (χ2v) is 4.83. The van der Waals surface area contributed by atoms with Crippen molar-refractivity contribution in [3.8, 4) is 11.3 Å². The van der Waals surface area contributed by atoms with Crippen LogP contribution in [0, 0.1) is 0 Å². The van der Waals surface area contributed by atoms with Crippen molar-refractivity contribution in [2.75, 3.05) is 6.54 Å². The highest BCUT2D eigenvalue weighted by Gasteiger charge is 2.08. The van der Waals surface area contributed by atoms with Crippen molar-refractivity contribution in [3.05, 3.63) is 42.4 Å². The zero-order valence-corrected chi connectivity index (χ0v) is 12.1. The second-order valence-electron chi connectivity index (χ2n) is 4.83. The SMILES string of the molecule is O=C(O)CCCNC(=O)CCc1ncc(-c2ccccc2)o1. The Balaban J connectivity index is 1.74. The van der Waals surface area contributed by atoms with E-state index in [-0.39, 0.29) is 18.7 Å². The van der Waals surface area contributed by atoms with E-state index in [2.05, 4.69) is 10.3 Å². The molecule has 1 aromatic carbocycles. The summed E-state index contributed by atoms with van der Waals surface area (Å²) >= 11 is 0. The minimum Gasteiger partial charge on any atom is -0.481 e. The summed E-state index contributed by atoms with van der Waals surface area (Å²) in [6, 6.07) is 9.62. The summed E-state index contributed by atoms with van der Waals surface area (Å²) in [7, 11) is 0. The molecule has 0 aliphatic rings. The van der Waals surface area contributed by atoms with E-state index in [1.807, 2.05) is 30.3 Å². The average molecular weight is 302 g/mol. The quantitative estimate of drug-likeness (QED) is 0.730. The first-order valence-electron chi connectivity index (χ1n) is 7.14. The van der Waals surface area contributed by atoms with Gasteiger partial charge in [0.2, 0.25) is 5.91 Å². The fourth-order valence-electron chi connectivity index (χ4n) is 1.94. The standard InChI is InChI=1S/C16H18N2O4/c19-14(17-10-4-7-16(20)21)8-9-15-18-11-13(22-15)12-5-2-1-3-6-12/h1-3,5-6,11H,4,7-10H2,(H,17,19)(H,20,21). The van der Waals surface area contributed by atoms with E-state index in [9.17, 15) is 9.59 Å². The van der Waals surface area contributed by atoms with Gasteiger partial charge in [-0.2, -0.15) is 0 Å². The molecule has 6 nitrogen and oxygen atoms in total. The van der Waals surface area contributed by atoms with Crippen molar-refractivity contribution >= 4 is 11.9 Å². The van der Waals surface area contributed by atoms with Crippen molar-refractivity contribution in [2.24, 2.45) is 0 Å². The Morgan fingerprint density at radius 2 is 1.95 bits per heavy atom. The predicted molar refractivity (Wildman–Crippen MR) is 80.1 cm³/mol. The van der Waals surface area contributed by atoms with Crippen molar-refractivity contribution in [1.82, 2.24) is 10.3 Å². The third-order valence-electron chi connectivity index (χ3n) is 3.07. The molecular weight excluding hydrogens is 284 g/mol.